The van der Waals surface area contributed by atoms with Crippen molar-refractivity contribution in [2.24, 2.45) is 5.73 Å². The number of carbonyl (C=O) groups is 1. The van der Waals surface area contributed by atoms with Gasteiger partial charge in [0.1, 0.15) is 6.61 Å². The molecule has 1 aromatic carbocycles. The summed E-state index contributed by atoms with van der Waals surface area (Å²) in [4.78, 5) is 20.8. The third-order valence-corrected chi connectivity index (χ3v) is 2.41. The highest BCUT2D eigenvalue weighted by Crippen LogP contribution is 2.24. The molecule has 0 aliphatic carbocycles. The topological polar surface area (TPSA) is 113 Å². The Hall–Kier alpha value is -2.64. The minimum absolute atomic E-state index is 0.00503. The van der Waals surface area contributed by atoms with Crippen LogP contribution < -0.4 is 5.73 Å². The van der Waals surface area contributed by atoms with Crippen molar-refractivity contribution >= 4 is 22.7 Å². The van der Waals surface area contributed by atoms with Gasteiger partial charge < -0.3 is 10.5 Å². The number of nitrogens with zero attached hydrogens (tertiary/aromatic N) is 3. The summed E-state index contributed by atoms with van der Waals surface area (Å²) in [5, 5.41) is 15.3. The average Bonchev–Trinajstić information content (AvgIpc) is 2.72. The largest absolute Gasteiger partial charge is 0.448 e. The van der Waals surface area contributed by atoms with Crippen molar-refractivity contribution in [1.82, 2.24) is 9.78 Å². The molecule has 0 bridgehead atoms. The van der Waals surface area contributed by atoms with Crippen molar-refractivity contribution in [3.63, 3.8) is 0 Å². The summed E-state index contributed by atoms with van der Waals surface area (Å²) in [5.41, 5.74) is 5.43. The number of nitro benzene ring substituents is 1. The van der Waals surface area contributed by atoms with Gasteiger partial charge in [0.15, 0.2) is 0 Å². The van der Waals surface area contributed by atoms with Gasteiger partial charge in [-0.25, -0.2) is 4.79 Å². The van der Waals surface area contributed by atoms with Gasteiger partial charge in [0.05, 0.1) is 28.6 Å². The van der Waals surface area contributed by atoms with Gasteiger partial charge in [0, 0.05) is 6.07 Å². The van der Waals surface area contributed by atoms with E-state index in [2.05, 4.69) is 9.84 Å². The van der Waals surface area contributed by atoms with Crippen LogP contribution in [0.4, 0.5) is 10.5 Å². The molecule has 2 rings (SSSR count). The van der Waals surface area contributed by atoms with Crippen molar-refractivity contribution in [1.29, 1.82) is 0 Å². The van der Waals surface area contributed by atoms with E-state index in [1.54, 1.807) is 12.1 Å². The van der Waals surface area contributed by atoms with E-state index in [1.165, 1.54) is 16.9 Å². The van der Waals surface area contributed by atoms with Crippen LogP contribution in [0.2, 0.25) is 0 Å². The normalized spacial score (nSPS) is 10.4. The summed E-state index contributed by atoms with van der Waals surface area (Å²) in [6, 6.07) is 4.70. The van der Waals surface area contributed by atoms with Gasteiger partial charge >= 0.3 is 6.09 Å². The number of non-ortho nitro benzene ring substituents is 1. The molecular formula is C10H10N4O4. The van der Waals surface area contributed by atoms with E-state index in [4.69, 9.17) is 5.73 Å². The molecule has 18 heavy (non-hydrogen) atoms. The van der Waals surface area contributed by atoms with Gasteiger partial charge in [-0.15, -0.1) is 0 Å². The molecule has 94 valence electrons. The van der Waals surface area contributed by atoms with Gasteiger partial charge in [-0.1, -0.05) is 6.07 Å². The Bertz CT molecular complexity index is 607. The van der Waals surface area contributed by atoms with Crippen LogP contribution in [0.5, 0.6) is 0 Å². The second-order valence-electron chi connectivity index (χ2n) is 3.50. The number of nitro groups is 1. The first-order valence-corrected chi connectivity index (χ1v) is 5.11. The molecule has 0 aliphatic heterocycles. The lowest BCUT2D eigenvalue weighted by Crippen LogP contribution is -2.17. The predicted octanol–water partition coefficient (Wildman–Crippen LogP) is 1.04. The average molecular weight is 250 g/mol. The fourth-order valence-electron chi connectivity index (χ4n) is 1.66. The first-order valence-electron chi connectivity index (χ1n) is 5.11. The number of benzene rings is 1. The molecule has 1 heterocycles. The van der Waals surface area contributed by atoms with Crippen LogP contribution in [-0.2, 0) is 11.3 Å². The van der Waals surface area contributed by atoms with E-state index in [0.717, 1.165) is 0 Å². The van der Waals surface area contributed by atoms with Crippen molar-refractivity contribution in [2.45, 2.75) is 6.54 Å². The minimum Gasteiger partial charge on any atom is -0.448 e. The lowest BCUT2D eigenvalue weighted by atomic mass is 10.2. The van der Waals surface area contributed by atoms with Crippen molar-refractivity contribution in [3.8, 4) is 0 Å². The molecule has 8 heteroatoms. The molecule has 2 aromatic rings. The third-order valence-electron chi connectivity index (χ3n) is 2.41. The smallest absolute Gasteiger partial charge is 0.404 e. The second kappa shape index (κ2) is 4.70. The van der Waals surface area contributed by atoms with Crippen LogP contribution in [0.15, 0.2) is 24.4 Å². The highest BCUT2D eigenvalue weighted by molar-refractivity contribution is 5.87. The molecule has 1 amide bonds. The fourth-order valence-corrected chi connectivity index (χ4v) is 1.66. The molecule has 0 spiro atoms. The molecule has 0 saturated carbocycles. The minimum atomic E-state index is -0.863. The van der Waals surface area contributed by atoms with Crippen molar-refractivity contribution in [2.75, 3.05) is 6.61 Å². The number of hydrogen-bond donors (Lipinski definition) is 1. The zero-order chi connectivity index (χ0) is 13.1. The van der Waals surface area contributed by atoms with Gasteiger partial charge in [-0.2, -0.15) is 5.10 Å². The lowest BCUT2D eigenvalue weighted by Gasteiger charge is -2.03. The standard InChI is InChI=1S/C10H10N4O4/c11-10(15)18-5-4-13-8-2-1-3-9(14(16)17)7(8)6-12-13/h1-3,6H,4-5H2,(H2,11,15). The summed E-state index contributed by atoms with van der Waals surface area (Å²) >= 11 is 0. The Kier molecular flexibility index (Phi) is 3.09. The zero-order valence-electron chi connectivity index (χ0n) is 9.28. The van der Waals surface area contributed by atoms with Crippen LogP contribution >= 0.6 is 0 Å². The predicted molar refractivity (Wildman–Crippen MR) is 61.9 cm³/mol. The number of amides is 1. The number of primary amides is 1. The number of nitrogens with two attached hydrogens (primary N) is 1. The van der Waals surface area contributed by atoms with E-state index in [0.29, 0.717) is 10.9 Å². The van der Waals surface area contributed by atoms with Gasteiger partial charge in [0.25, 0.3) is 5.69 Å². The summed E-state index contributed by atoms with van der Waals surface area (Å²) in [7, 11) is 0. The summed E-state index contributed by atoms with van der Waals surface area (Å²) in [6.45, 7) is 0.350. The monoisotopic (exact) mass is 250 g/mol. The molecule has 1 aromatic heterocycles. The Morgan fingerprint density at radius 1 is 1.56 bits per heavy atom. The number of aromatic nitrogens is 2. The molecule has 8 nitrogen and oxygen atoms in total. The Balaban J connectivity index is 2.28. The number of rotatable bonds is 4. The first-order chi connectivity index (χ1) is 8.59. The Morgan fingerprint density at radius 3 is 3.00 bits per heavy atom. The molecule has 0 atom stereocenters. The number of carbonyl (C=O) groups excluding carboxylic acids is 1. The molecule has 0 saturated heterocycles. The van der Waals surface area contributed by atoms with Gasteiger partial charge in [-0.3, -0.25) is 14.8 Å². The lowest BCUT2D eigenvalue weighted by molar-refractivity contribution is -0.383. The number of hydrogen-bond acceptors (Lipinski definition) is 5. The molecule has 0 unspecified atom stereocenters. The molecule has 0 aliphatic rings. The maximum absolute atomic E-state index is 10.8. The zero-order valence-corrected chi connectivity index (χ0v) is 9.28. The Morgan fingerprint density at radius 2 is 2.33 bits per heavy atom. The molecule has 0 radical (unpaired) electrons. The highest BCUT2D eigenvalue weighted by Gasteiger charge is 2.14. The van der Waals surface area contributed by atoms with Crippen molar-refractivity contribution < 1.29 is 14.5 Å². The molecule has 0 fully saturated rings. The van der Waals surface area contributed by atoms with Crippen LogP contribution in [0.1, 0.15) is 0 Å². The highest BCUT2D eigenvalue weighted by atomic mass is 16.6. The summed E-state index contributed by atoms with van der Waals surface area (Å²) in [5.74, 6) is 0. The number of ether oxygens (including phenoxy) is 1. The van der Waals surface area contributed by atoms with Gasteiger partial charge in [-0.05, 0) is 6.07 Å². The van der Waals surface area contributed by atoms with Crippen LogP contribution in [0.3, 0.4) is 0 Å². The number of fused-ring (bicyclic) bond motifs is 1. The summed E-state index contributed by atoms with van der Waals surface area (Å²) in [6.07, 6.45) is 0.551. The fraction of sp³-hybridized carbons (Fsp3) is 0.200. The first kappa shape index (κ1) is 11.8. The Labute approximate surface area is 101 Å². The van der Waals surface area contributed by atoms with Crippen molar-refractivity contribution in [3.05, 3.63) is 34.5 Å². The van der Waals surface area contributed by atoms with E-state index in [9.17, 15) is 14.9 Å². The second-order valence-corrected chi connectivity index (χ2v) is 3.50. The van der Waals surface area contributed by atoms with E-state index in [-0.39, 0.29) is 18.8 Å². The third kappa shape index (κ3) is 2.21. The summed E-state index contributed by atoms with van der Waals surface area (Å²) < 4.78 is 6.11. The van der Waals surface area contributed by atoms with E-state index < -0.39 is 11.0 Å². The van der Waals surface area contributed by atoms with Crippen LogP contribution in [0, 0.1) is 10.1 Å². The van der Waals surface area contributed by atoms with Crippen LogP contribution in [-0.4, -0.2) is 27.4 Å². The maximum atomic E-state index is 10.8. The van der Waals surface area contributed by atoms with Crippen LogP contribution in [0.25, 0.3) is 10.9 Å². The maximum Gasteiger partial charge on any atom is 0.404 e. The van der Waals surface area contributed by atoms with E-state index in [1.807, 2.05) is 0 Å². The molecular weight excluding hydrogens is 240 g/mol. The SMILES string of the molecule is NC(=O)OCCn1ncc2c([N+](=O)[O-])cccc21. The van der Waals surface area contributed by atoms with Gasteiger partial charge in [0.2, 0.25) is 0 Å². The van der Waals surface area contributed by atoms with E-state index >= 15 is 0 Å². The quantitative estimate of drug-likeness (QED) is 0.643. The molecule has 2 N–H and O–H groups in total.